The molecule has 0 N–H and O–H groups in total. The van der Waals surface area contributed by atoms with Crippen LogP contribution in [0.4, 0.5) is 4.39 Å². The van der Waals surface area contributed by atoms with Gasteiger partial charge in [0.15, 0.2) is 5.78 Å². The van der Waals surface area contributed by atoms with Crippen LogP contribution in [0.3, 0.4) is 0 Å². The predicted molar refractivity (Wildman–Crippen MR) is 73.9 cm³/mol. The third-order valence-electron chi connectivity index (χ3n) is 3.14. The van der Waals surface area contributed by atoms with E-state index in [9.17, 15) is 9.18 Å². The Hall–Kier alpha value is -0.580. The summed E-state index contributed by atoms with van der Waals surface area (Å²) in [6.07, 6.45) is 0.113. The number of likely N-dealkylation sites (N-methyl/N-ethyl adjacent to an activating group) is 1. The maximum Gasteiger partial charge on any atom is 0.155 e. The SMILES string of the molecule is CN1CCSCC1C(=O)Cc1cc(Cl)ccc1F. The molecule has 0 aliphatic carbocycles. The Morgan fingerprint density at radius 3 is 3.11 bits per heavy atom. The summed E-state index contributed by atoms with van der Waals surface area (Å²) in [5.74, 6) is 1.54. The molecule has 2 rings (SSSR count). The quantitative estimate of drug-likeness (QED) is 0.852. The van der Waals surface area contributed by atoms with Gasteiger partial charge in [0.05, 0.1) is 6.04 Å². The lowest BCUT2D eigenvalue weighted by Gasteiger charge is -2.30. The van der Waals surface area contributed by atoms with E-state index in [1.165, 1.54) is 18.2 Å². The van der Waals surface area contributed by atoms with Gasteiger partial charge in [-0.15, -0.1) is 0 Å². The average molecular weight is 288 g/mol. The molecule has 1 saturated heterocycles. The Bertz CT molecular complexity index is 455. The highest BCUT2D eigenvalue weighted by atomic mass is 35.5. The molecule has 1 unspecified atom stereocenters. The first-order chi connectivity index (χ1) is 8.58. The fourth-order valence-corrected chi connectivity index (χ4v) is 3.45. The maximum atomic E-state index is 13.6. The van der Waals surface area contributed by atoms with Crippen LogP contribution in [0.2, 0.25) is 5.02 Å². The van der Waals surface area contributed by atoms with Gasteiger partial charge < -0.3 is 0 Å². The number of rotatable bonds is 3. The van der Waals surface area contributed by atoms with Gasteiger partial charge in [-0.05, 0) is 30.8 Å². The lowest BCUT2D eigenvalue weighted by Crippen LogP contribution is -2.45. The molecule has 5 heteroatoms. The van der Waals surface area contributed by atoms with Gasteiger partial charge in [0.25, 0.3) is 0 Å². The number of Topliss-reactive ketones (excluding diaryl/α,β-unsaturated/α-hetero) is 1. The Kier molecular flexibility index (Phi) is 4.65. The Balaban J connectivity index is 2.08. The van der Waals surface area contributed by atoms with Gasteiger partial charge >= 0.3 is 0 Å². The van der Waals surface area contributed by atoms with Gasteiger partial charge in [-0.1, -0.05) is 11.6 Å². The van der Waals surface area contributed by atoms with E-state index in [0.717, 1.165) is 18.1 Å². The molecule has 1 aliphatic rings. The molecule has 0 spiro atoms. The molecule has 0 radical (unpaired) electrons. The molecular formula is C13H15ClFNOS. The van der Waals surface area contributed by atoms with Crippen molar-refractivity contribution in [3.8, 4) is 0 Å². The van der Waals surface area contributed by atoms with E-state index in [1.807, 2.05) is 11.9 Å². The largest absolute Gasteiger partial charge is 0.298 e. The van der Waals surface area contributed by atoms with Crippen molar-refractivity contribution in [2.24, 2.45) is 0 Å². The summed E-state index contributed by atoms with van der Waals surface area (Å²) < 4.78 is 13.6. The van der Waals surface area contributed by atoms with Crippen molar-refractivity contribution in [1.82, 2.24) is 4.90 Å². The third-order valence-corrected chi connectivity index (χ3v) is 4.40. The van der Waals surface area contributed by atoms with Gasteiger partial charge in [-0.25, -0.2) is 4.39 Å². The number of carbonyl (C=O) groups excluding carboxylic acids is 1. The summed E-state index contributed by atoms with van der Waals surface area (Å²) >= 11 is 7.59. The Morgan fingerprint density at radius 2 is 2.39 bits per heavy atom. The highest BCUT2D eigenvalue weighted by Gasteiger charge is 2.26. The molecule has 0 saturated carbocycles. The van der Waals surface area contributed by atoms with E-state index in [-0.39, 0.29) is 24.1 Å². The Morgan fingerprint density at radius 1 is 1.61 bits per heavy atom. The van der Waals surface area contributed by atoms with E-state index >= 15 is 0 Å². The molecular weight excluding hydrogens is 273 g/mol. The lowest BCUT2D eigenvalue weighted by molar-refractivity contribution is -0.122. The summed E-state index contributed by atoms with van der Waals surface area (Å²) in [6.45, 7) is 0.902. The smallest absolute Gasteiger partial charge is 0.155 e. The van der Waals surface area contributed by atoms with Crippen LogP contribution in [0.15, 0.2) is 18.2 Å². The lowest BCUT2D eigenvalue weighted by atomic mass is 10.0. The first kappa shape index (κ1) is 13.8. The molecule has 98 valence electrons. The van der Waals surface area contributed by atoms with Gasteiger partial charge in [0.1, 0.15) is 5.82 Å². The van der Waals surface area contributed by atoms with Crippen molar-refractivity contribution in [3.05, 3.63) is 34.6 Å². The van der Waals surface area contributed by atoms with Crippen molar-refractivity contribution in [2.45, 2.75) is 12.5 Å². The number of thioether (sulfide) groups is 1. The van der Waals surface area contributed by atoms with E-state index in [2.05, 4.69) is 0 Å². The highest BCUT2D eigenvalue weighted by molar-refractivity contribution is 7.99. The van der Waals surface area contributed by atoms with Crippen LogP contribution in [0.25, 0.3) is 0 Å². The summed E-state index contributed by atoms with van der Waals surface area (Å²) in [7, 11) is 1.94. The molecule has 18 heavy (non-hydrogen) atoms. The molecule has 2 nitrogen and oxygen atoms in total. The fraction of sp³-hybridized carbons (Fsp3) is 0.462. The molecule has 1 aromatic carbocycles. The predicted octanol–water partition coefficient (Wildman–Crippen LogP) is 2.64. The van der Waals surface area contributed by atoms with Crippen molar-refractivity contribution < 1.29 is 9.18 Å². The molecule has 1 fully saturated rings. The summed E-state index contributed by atoms with van der Waals surface area (Å²) in [5.41, 5.74) is 0.386. The van der Waals surface area contributed by atoms with Crippen molar-refractivity contribution in [1.29, 1.82) is 0 Å². The third kappa shape index (κ3) is 3.25. The molecule has 0 bridgehead atoms. The monoisotopic (exact) mass is 287 g/mol. The van der Waals surface area contributed by atoms with Crippen LogP contribution >= 0.6 is 23.4 Å². The van der Waals surface area contributed by atoms with Crippen LogP contribution in [0.5, 0.6) is 0 Å². The molecule has 1 atom stereocenters. The summed E-state index contributed by atoms with van der Waals surface area (Å²) in [5, 5.41) is 0.463. The Labute approximate surface area is 115 Å². The number of carbonyl (C=O) groups is 1. The number of hydrogen-bond acceptors (Lipinski definition) is 3. The fourth-order valence-electron chi connectivity index (χ4n) is 2.01. The van der Waals surface area contributed by atoms with Gasteiger partial charge in [0.2, 0.25) is 0 Å². The van der Waals surface area contributed by atoms with Crippen LogP contribution in [0, 0.1) is 5.82 Å². The number of benzene rings is 1. The zero-order valence-corrected chi connectivity index (χ0v) is 11.7. The number of halogens is 2. The first-order valence-corrected chi connectivity index (χ1v) is 7.36. The molecule has 0 amide bonds. The molecule has 1 aromatic rings. The van der Waals surface area contributed by atoms with E-state index in [4.69, 9.17) is 11.6 Å². The second-order valence-electron chi connectivity index (χ2n) is 4.45. The maximum absolute atomic E-state index is 13.6. The number of ketones is 1. The van der Waals surface area contributed by atoms with Crippen LogP contribution < -0.4 is 0 Å². The zero-order chi connectivity index (χ0) is 13.1. The highest BCUT2D eigenvalue weighted by Crippen LogP contribution is 2.20. The van der Waals surface area contributed by atoms with Gasteiger partial charge in [0, 0.05) is 29.5 Å². The van der Waals surface area contributed by atoms with Crippen LogP contribution in [0.1, 0.15) is 5.56 Å². The van der Waals surface area contributed by atoms with Crippen molar-refractivity contribution in [2.75, 3.05) is 25.1 Å². The molecule has 1 heterocycles. The first-order valence-electron chi connectivity index (χ1n) is 5.82. The minimum atomic E-state index is -0.362. The summed E-state index contributed by atoms with van der Waals surface area (Å²) in [4.78, 5) is 14.2. The summed E-state index contributed by atoms with van der Waals surface area (Å²) in [6, 6.07) is 4.23. The molecule has 1 aliphatic heterocycles. The normalized spacial score (nSPS) is 20.9. The topological polar surface area (TPSA) is 20.3 Å². The minimum absolute atomic E-state index is 0.0610. The van der Waals surface area contributed by atoms with E-state index < -0.39 is 0 Å². The zero-order valence-electron chi connectivity index (χ0n) is 10.2. The number of nitrogens with zero attached hydrogens (tertiary/aromatic N) is 1. The minimum Gasteiger partial charge on any atom is -0.298 e. The van der Waals surface area contributed by atoms with Crippen molar-refractivity contribution in [3.63, 3.8) is 0 Å². The average Bonchev–Trinajstić information content (AvgIpc) is 2.34. The van der Waals surface area contributed by atoms with E-state index in [1.54, 1.807) is 11.8 Å². The second kappa shape index (κ2) is 6.04. The van der Waals surface area contributed by atoms with Crippen LogP contribution in [-0.4, -0.2) is 41.8 Å². The van der Waals surface area contributed by atoms with Crippen molar-refractivity contribution >= 4 is 29.1 Å². The van der Waals surface area contributed by atoms with Crippen LogP contribution in [-0.2, 0) is 11.2 Å². The second-order valence-corrected chi connectivity index (χ2v) is 6.04. The number of hydrogen-bond donors (Lipinski definition) is 0. The standard InChI is InChI=1S/C13H15ClFNOS/c1-16-4-5-18-8-12(16)13(17)7-9-6-10(14)2-3-11(9)15/h2-3,6,12H,4-5,7-8H2,1H3. The molecule has 0 aromatic heterocycles. The van der Waals surface area contributed by atoms with E-state index in [0.29, 0.717) is 10.6 Å². The van der Waals surface area contributed by atoms with Gasteiger partial charge in [-0.2, -0.15) is 11.8 Å². The van der Waals surface area contributed by atoms with Gasteiger partial charge in [-0.3, -0.25) is 9.69 Å².